The number of anilines is 4. The number of benzene rings is 2. The summed E-state index contributed by atoms with van der Waals surface area (Å²) in [5.74, 6) is -3.08. The Kier molecular flexibility index (Phi) is 6.24. The molecule has 0 amide bonds. The van der Waals surface area contributed by atoms with Gasteiger partial charge in [0.25, 0.3) is 0 Å². The van der Waals surface area contributed by atoms with Crippen molar-refractivity contribution in [3.8, 4) is 5.75 Å². The van der Waals surface area contributed by atoms with E-state index in [0.29, 0.717) is 5.13 Å². The fourth-order valence-electron chi connectivity index (χ4n) is 3.51. The van der Waals surface area contributed by atoms with E-state index >= 15 is 0 Å². The number of carbonyl (C=O) groups is 1. The summed E-state index contributed by atoms with van der Waals surface area (Å²) in [5, 5.41) is 3.54. The molecule has 4 rings (SSSR count). The minimum absolute atomic E-state index is 0.00630. The van der Waals surface area contributed by atoms with Gasteiger partial charge in [0.2, 0.25) is 5.78 Å². The minimum Gasteiger partial charge on any atom is -0.491 e. The largest absolute Gasteiger partial charge is 0.491 e. The van der Waals surface area contributed by atoms with Crippen molar-refractivity contribution in [3.63, 3.8) is 0 Å². The lowest BCUT2D eigenvalue weighted by molar-refractivity contribution is 0.104. The highest BCUT2D eigenvalue weighted by molar-refractivity contribution is 7.18. The van der Waals surface area contributed by atoms with Crippen molar-refractivity contribution in [2.45, 2.75) is 0 Å². The fourth-order valence-corrected chi connectivity index (χ4v) is 4.38. The number of nitrogen functional groups attached to an aromatic ring is 1. The molecule has 2 heterocycles. The number of ketones is 1. The number of piperazine rings is 1. The van der Waals surface area contributed by atoms with E-state index in [9.17, 15) is 13.6 Å². The molecule has 10 heteroatoms. The van der Waals surface area contributed by atoms with E-state index in [1.54, 1.807) is 0 Å². The number of likely N-dealkylation sites (N-methyl/N-ethyl adjacent to an activating group) is 1. The van der Waals surface area contributed by atoms with Crippen LogP contribution in [0.2, 0.25) is 0 Å². The molecule has 1 aliphatic heterocycles. The Morgan fingerprint density at radius 2 is 1.75 bits per heavy atom. The average molecular weight is 460 g/mol. The first-order valence-corrected chi connectivity index (χ1v) is 10.8. The zero-order valence-electron chi connectivity index (χ0n) is 17.7. The Morgan fingerprint density at radius 1 is 1.12 bits per heavy atom. The molecular weight excluding hydrogens is 436 g/mol. The fraction of sp³-hybridized carbons (Fsp3) is 0.273. The predicted molar refractivity (Wildman–Crippen MR) is 122 cm³/mol. The first kappa shape index (κ1) is 22.0. The monoisotopic (exact) mass is 459 g/mol. The number of nitrogens with one attached hydrogen (secondary N) is 1. The smallest absolute Gasteiger partial charge is 0.207 e. The summed E-state index contributed by atoms with van der Waals surface area (Å²) < 4.78 is 32.6. The molecule has 3 N–H and O–H groups in total. The maximum Gasteiger partial charge on any atom is 0.207 e. The summed E-state index contributed by atoms with van der Waals surface area (Å²) in [6.45, 7) is 4.00. The second-order valence-electron chi connectivity index (χ2n) is 7.50. The van der Waals surface area contributed by atoms with E-state index in [1.807, 2.05) is 24.3 Å². The molecule has 168 valence electrons. The van der Waals surface area contributed by atoms with Gasteiger partial charge in [0.05, 0.1) is 7.11 Å². The molecule has 1 fully saturated rings. The van der Waals surface area contributed by atoms with Crippen molar-refractivity contribution in [3.05, 3.63) is 58.5 Å². The summed E-state index contributed by atoms with van der Waals surface area (Å²) in [4.78, 5) is 21.7. The second kappa shape index (κ2) is 9.09. The van der Waals surface area contributed by atoms with Crippen molar-refractivity contribution in [1.82, 2.24) is 9.88 Å². The maximum atomic E-state index is 14.0. The molecule has 0 spiro atoms. The van der Waals surface area contributed by atoms with Gasteiger partial charge in [0.15, 0.2) is 22.5 Å². The van der Waals surface area contributed by atoms with Crippen LogP contribution in [0, 0.1) is 11.6 Å². The number of aromatic nitrogens is 1. The van der Waals surface area contributed by atoms with Gasteiger partial charge in [-0.1, -0.05) is 11.3 Å². The number of halogens is 2. The third kappa shape index (κ3) is 4.51. The normalized spacial score (nSPS) is 14.4. The Morgan fingerprint density at radius 3 is 2.34 bits per heavy atom. The number of rotatable bonds is 6. The molecule has 3 aromatic rings. The van der Waals surface area contributed by atoms with Gasteiger partial charge in [-0.15, -0.1) is 0 Å². The standard InChI is InChI=1S/C22H23F2N5O2S/c1-28-7-9-29(10-8-28)15-5-3-14(4-6-15)26-22-27-21(25)20(32-22)18(30)13-11-16(23)19(31-2)17(24)12-13/h3-6,11-12H,7-10,25H2,1-2H3,(H,26,27). The van der Waals surface area contributed by atoms with Crippen LogP contribution in [0.5, 0.6) is 5.75 Å². The maximum absolute atomic E-state index is 14.0. The van der Waals surface area contributed by atoms with E-state index in [2.05, 4.69) is 31.9 Å². The molecule has 1 aliphatic rings. The van der Waals surface area contributed by atoms with Crippen LogP contribution in [-0.4, -0.2) is 56.0 Å². The summed E-state index contributed by atoms with van der Waals surface area (Å²) in [7, 11) is 3.27. The van der Waals surface area contributed by atoms with Crippen LogP contribution in [0.3, 0.4) is 0 Å². The van der Waals surface area contributed by atoms with Crippen molar-refractivity contribution < 1.29 is 18.3 Å². The zero-order chi connectivity index (χ0) is 22.8. The summed E-state index contributed by atoms with van der Waals surface area (Å²) in [6, 6.07) is 9.77. The molecule has 32 heavy (non-hydrogen) atoms. The second-order valence-corrected chi connectivity index (χ2v) is 8.50. The summed E-state index contributed by atoms with van der Waals surface area (Å²) in [6.07, 6.45) is 0. The number of hydrogen-bond donors (Lipinski definition) is 2. The lowest BCUT2D eigenvalue weighted by Crippen LogP contribution is -2.44. The topological polar surface area (TPSA) is 83.7 Å². The highest BCUT2D eigenvalue weighted by Gasteiger charge is 2.22. The van der Waals surface area contributed by atoms with Gasteiger partial charge in [-0.05, 0) is 43.4 Å². The lowest BCUT2D eigenvalue weighted by atomic mass is 10.1. The first-order chi connectivity index (χ1) is 15.4. The molecule has 1 aromatic heterocycles. The minimum atomic E-state index is -0.960. The first-order valence-electron chi connectivity index (χ1n) is 10.0. The molecule has 2 aromatic carbocycles. The molecule has 0 bridgehead atoms. The Hall–Kier alpha value is -3.24. The van der Waals surface area contributed by atoms with Gasteiger partial charge in [-0.25, -0.2) is 13.8 Å². The zero-order valence-corrected chi connectivity index (χ0v) is 18.5. The van der Waals surface area contributed by atoms with Gasteiger partial charge >= 0.3 is 0 Å². The van der Waals surface area contributed by atoms with E-state index in [0.717, 1.165) is 68.1 Å². The van der Waals surface area contributed by atoms with Crippen molar-refractivity contribution in [1.29, 1.82) is 0 Å². The quantitative estimate of drug-likeness (QED) is 0.544. The molecule has 0 unspecified atom stereocenters. The Labute approximate surface area is 188 Å². The van der Waals surface area contributed by atoms with Crippen molar-refractivity contribution in [2.75, 3.05) is 56.3 Å². The lowest BCUT2D eigenvalue weighted by Gasteiger charge is -2.34. The van der Waals surface area contributed by atoms with Crippen molar-refractivity contribution in [2.24, 2.45) is 0 Å². The van der Waals surface area contributed by atoms with E-state index in [-0.39, 0.29) is 16.3 Å². The third-order valence-corrected chi connectivity index (χ3v) is 6.30. The molecule has 0 saturated carbocycles. The van der Waals surface area contributed by atoms with Crippen LogP contribution in [-0.2, 0) is 0 Å². The summed E-state index contributed by atoms with van der Waals surface area (Å²) in [5.41, 5.74) is 7.68. The van der Waals surface area contributed by atoms with Crippen LogP contribution in [0.1, 0.15) is 15.2 Å². The van der Waals surface area contributed by atoms with Gasteiger partial charge in [0, 0.05) is 43.1 Å². The van der Waals surface area contributed by atoms with Crippen LogP contribution in [0.15, 0.2) is 36.4 Å². The van der Waals surface area contributed by atoms with Crippen LogP contribution < -0.4 is 20.7 Å². The van der Waals surface area contributed by atoms with Gasteiger partial charge in [-0.3, -0.25) is 4.79 Å². The van der Waals surface area contributed by atoms with Gasteiger partial charge in [-0.2, -0.15) is 0 Å². The number of carbonyl (C=O) groups excluding carboxylic acids is 1. The molecule has 0 radical (unpaired) electrons. The van der Waals surface area contributed by atoms with Gasteiger partial charge in [0.1, 0.15) is 10.7 Å². The van der Waals surface area contributed by atoms with E-state index in [1.165, 1.54) is 0 Å². The number of methoxy groups -OCH3 is 1. The van der Waals surface area contributed by atoms with Crippen LogP contribution in [0.25, 0.3) is 0 Å². The molecule has 7 nitrogen and oxygen atoms in total. The predicted octanol–water partition coefficient (Wildman–Crippen LogP) is 3.74. The number of nitrogens with zero attached hydrogens (tertiary/aromatic N) is 3. The van der Waals surface area contributed by atoms with Crippen LogP contribution in [0.4, 0.5) is 31.1 Å². The molecular formula is C22H23F2N5O2S. The number of thiazole rings is 1. The molecule has 0 aliphatic carbocycles. The van der Waals surface area contributed by atoms with Crippen LogP contribution >= 0.6 is 11.3 Å². The molecule has 1 saturated heterocycles. The Balaban J connectivity index is 1.48. The average Bonchev–Trinajstić information content (AvgIpc) is 3.14. The van der Waals surface area contributed by atoms with Gasteiger partial charge < -0.3 is 25.6 Å². The Bertz CT molecular complexity index is 1100. The summed E-state index contributed by atoms with van der Waals surface area (Å²) >= 11 is 1.02. The number of hydrogen-bond acceptors (Lipinski definition) is 8. The highest BCUT2D eigenvalue weighted by Crippen LogP contribution is 2.32. The van der Waals surface area contributed by atoms with Crippen molar-refractivity contribution >= 4 is 39.4 Å². The third-order valence-electron chi connectivity index (χ3n) is 5.31. The number of ether oxygens (including phenoxy) is 1. The molecule has 0 atom stereocenters. The van der Waals surface area contributed by atoms with E-state index in [4.69, 9.17) is 5.73 Å². The highest BCUT2D eigenvalue weighted by atomic mass is 32.1. The SMILES string of the molecule is COc1c(F)cc(C(=O)c2sc(Nc3ccc(N4CCN(C)CC4)cc3)nc2N)cc1F. The van der Waals surface area contributed by atoms with E-state index < -0.39 is 23.2 Å². The number of nitrogens with two attached hydrogens (primary N) is 1.